The van der Waals surface area contributed by atoms with E-state index in [-0.39, 0.29) is 41.9 Å². The van der Waals surface area contributed by atoms with E-state index in [1.165, 1.54) is 26.4 Å². The maximum Gasteiger partial charge on any atom is 0.226 e. The van der Waals surface area contributed by atoms with Crippen LogP contribution in [0.5, 0.6) is 17.2 Å². The SMILES string of the molecule is COc1cc(C=C2C(CNC(=O)Cc3cccn3C)=Cc3cc(F)ccc32)cc(OC)c1O. The van der Waals surface area contributed by atoms with Gasteiger partial charge in [0, 0.05) is 25.5 Å². The van der Waals surface area contributed by atoms with E-state index in [9.17, 15) is 14.3 Å². The third-order valence-corrected chi connectivity index (χ3v) is 5.66. The Morgan fingerprint density at radius 1 is 1.15 bits per heavy atom. The number of methoxy groups -OCH3 is 2. The number of fused-ring (bicyclic) bond motifs is 1. The Balaban J connectivity index is 1.64. The lowest BCUT2D eigenvalue weighted by atomic mass is 9.99. The second-order valence-electron chi connectivity index (χ2n) is 7.80. The van der Waals surface area contributed by atoms with E-state index in [2.05, 4.69) is 5.32 Å². The maximum atomic E-state index is 13.9. The lowest BCUT2D eigenvalue weighted by Gasteiger charge is -2.12. The van der Waals surface area contributed by atoms with Crippen molar-refractivity contribution in [2.75, 3.05) is 20.8 Å². The zero-order valence-electron chi connectivity index (χ0n) is 18.7. The highest BCUT2D eigenvalue weighted by molar-refractivity contribution is 6.02. The number of amides is 1. The number of aromatic nitrogens is 1. The second kappa shape index (κ2) is 9.24. The van der Waals surface area contributed by atoms with Crippen molar-refractivity contribution in [3.63, 3.8) is 0 Å². The molecular formula is C26H25FN2O4. The van der Waals surface area contributed by atoms with Crippen LogP contribution in [0.1, 0.15) is 22.4 Å². The van der Waals surface area contributed by atoms with Crippen molar-refractivity contribution in [1.29, 1.82) is 0 Å². The van der Waals surface area contributed by atoms with Gasteiger partial charge in [-0.15, -0.1) is 0 Å². The lowest BCUT2D eigenvalue weighted by molar-refractivity contribution is -0.120. The van der Waals surface area contributed by atoms with Crippen molar-refractivity contribution in [1.82, 2.24) is 9.88 Å². The average Bonchev–Trinajstić information content (AvgIpc) is 3.35. The molecule has 0 radical (unpaired) electrons. The summed E-state index contributed by atoms with van der Waals surface area (Å²) in [5, 5.41) is 13.2. The number of phenolic OH excluding ortho intramolecular Hbond substituents is 1. The Kier molecular flexibility index (Phi) is 6.22. The van der Waals surface area contributed by atoms with Crippen LogP contribution in [0.4, 0.5) is 4.39 Å². The number of rotatable bonds is 7. The monoisotopic (exact) mass is 448 g/mol. The van der Waals surface area contributed by atoms with E-state index >= 15 is 0 Å². The summed E-state index contributed by atoms with van der Waals surface area (Å²) in [5.74, 6) is 0.0399. The summed E-state index contributed by atoms with van der Waals surface area (Å²) in [5.41, 5.74) is 4.94. The molecular weight excluding hydrogens is 423 g/mol. The third kappa shape index (κ3) is 4.62. The molecule has 0 bridgehead atoms. The molecule has 0 aliphatic heterocycles. The van der Waals surface area contributed by atoms with Crippen molar-refractivity contribution < 1.29 is 23.8 Å². The number of ether oxygens (including phenoxy) is 2. The number of carbonyl (C=O) groups excluding carboxylic acids is 1. The quantitative estimate of drug-likeness (QED) is 0.569. The second-order valence-corrected chi connectivity index (χ2v) is 7.80. The summed E-state index contributed by atoms with van der Waals surface area (Å²) in [6, 6.07) is 11.8. The van der Waals surface area contributed by atoms with E-state index in [0.29, 0.717) is 0 Å². The molecule has 0 atom stereocenters. The summed E-state index contributed by atoms with van der Waals surface area (Å²) in [6.07, 6.45) is 5.95. The van der Waals surface area contributed by atoms with Crippen LogP contribution in [0, 0.1) is 5.82 Å². The van der Waals surface area contributed by atoms with Gasteiger partial charge in [0.15, 0.2) is 11.5 Å². The molecule has 0 spiro atoms. The number of benzene rings is 2. The Morgan fingerprint density at radius 3 is 2.52 bits per heavy atom. The number of halogens is 1. The van der Waals surface area contributed by atoms with Gasteiger partial charge in [-0.3, -0.25) is 4.79 Å². The first-order valence-corrected chi connectivity index (χ1v) is 10.4. The van der Waals surface area contributed by atoms with Gasteiger partial charge in [0.25, 0.3) is 0 Å². The number of nitrogens with zero attached hydrogens (tertiary/aromatic N) is 1. The number of aryl methyl sites for hydroxylation is 1. The Bertz CT molecular complexity index is 1250. The van der Waals surface area contributed by atoms with Gasteiger partial charge in [-0.05, 0) is 76.4 Å². The molecule has 6 nitrogen and oxygen atoms in total. The van der Waals surface area contributed by atoms with Crippen LogP contribution in [-0.4, -0.2) is 36.3 Å². The fraction of sp³-hybridized carbons (Fsp3) is 0.192. The van der Waals surface area contributed by atoms with Gasteiger partial charge < -0.3 is 24.5 Å². The molecule has 2 aromatic carbocycles. The molecule has 1 aliphatic carbocycles. The minimum absolute atomic E-state index is 0.0836. The van der Waals surface area contributed by atoms with Gasteiger partial charge in [-0.1, -0.05) is 6.07 Å². The summed E-state index contributed by atoms with van der Waals surface area (Å²) >= 11 is 0. The minimum atomic E-state index is -0.327. The zero-order chi connectivity index (χ0) is 23.5. The minimum Gasteiger partial charge on any atom is -0.502 e. The molecule has 1 amide bonds. The fourth-order valence-electron chi connectivity index (χ4n) is 3.92. The van der Waals surface area contributed by atoms with Crippen molar-refractivity contribution in [3.05, 3.63) is 82.4 Å². The zero-order valence-corrected chi connectivity index (χ0v) is 18.7. The van der Waals surface area contributed by atoms with Crippen LogP contribution in [-0.2, 0) is 18.3 Å². The van der Waals surface area contributed by atoms with E-state index in [4.69, 9.17) is 9.47 Å². The highest BCUT2D eigenvalue weighted by Gasteiger charge is 2.21. The van der Waals surface area contributed by atoms with Crippen molar-refractivity contribution in [2.45, 2.75) is 6.42 Å². The number of aromatic hydroxyl groups is 1. The van der Waals surface area contributed by atoms with E-state index < -0.39 is 0 Å². The Morgan fingerprint density at radius 2 is 1.88 bits per heavy atom. The molecule has 0 saturated carbocycles. The van der Waals surface area contributed by atoms with Gasteiger partial charge in [0.2, 0.25) is 11.7 Å². The molecule has 1 aliphatic rings. The molecule has 1 aromatic heterocycles. The average molecular weight is 448 g/mol. The van der Waals surface area contributed by atoms with Crippen molar-refractivity contribution >= 4 is 23.6 Å². The molecule has 2 N–H and O–H groups in total. The van der Waals surface area contributed by atoms with Gasteiger partial charge in [-0.25, -0.2) is 4.39 Å². The van der Waals surface area contributed by atoms with Crippen LogP contribution in [0.2, 0.25) is 0 Å². The maximum absolute atomic E-state index is 13.9. The van der Waals surface area contributed by atoms with Gasteiger partial charge in [0.05, 0.1) is 20.6 Å². The number of phenols is 1. The molecule has 4 rings (SSSR count). The number of nitrogens with one attached hydrogen (secondary N) is 1. The Labute approximate surface area is 191 Å². The highest BCUT2D eigenvalue weighted by Crippen LogP contribution is 2.41. The van der Waals surface area contributed by atoms with E-state index in [1.54, 1.807) is 18.2 Å². The third-order valence-electron chi connectivity index (χ3n) is 5.66. The molecule has 3 aromatic rings. The highest BCUT2D eigenvalue weighted by atomic mass is 19.1. The number of carbonyl (C=O) groups is 1. The van der Waals surface area contributed by atoms with Crippen LogP contribution in [0.15, 0.2) is 54.2 Å². The summed E-state index contributed by atoms with van der Waals surface area (Å²) in [4.78, 5) is 12.5. The van der Waals surface area contributed by atoms with Crippen molar-refractivity contribution in [2.24, 2.45) is 7.05 Å². The smallest absolute Gasteiger partial charge is 0.226 e. The summed E-state index contributed by atoms with van der Waals surface area (Å²) in [7, 11) is 4.83. The largest absolute Gasteiger partial charge is 0.502 e. The normalized spacial score (nSPS) is 13.6. The van der Waals surface area contributed by atoms with Crippen LogP contribution in [0.25, 0.3) is 17.7 Å². The molecule has 0 saturated heterocycles. The molecule has 0 unspecified atom stereocenters. The topological polar surface area (TPSA) is 72.7 Å². The summed E-state index contributed by atoms with van der Waals surface area (Å²) in [6.45, 7) is 0.289. The predicted molar refractivity (Wildman–Crippen MR) is 126 cm³/mol. The molecule has 170 valence electrons. The molecule has 1 heterocycles. The number of hydrogen-bond donors (Lipinski definition) is 2. The van der Waals surface area contributed by atoms with Gasteiger partial charge in [0.1, 0.15) is 5.82 Å². The van der Waals surface area contributed by atoms with Gasteiger partial charge in [-0.2, -0.15) is 0 Å². The lowest BCUT2D eigenvalue weighted by Crippen LogP contribution is -2.27. The van der Waals surface area contributed by atoms with Gasteiger partial charge >= 0.3 is 0 Å². The molecule has 33 heavy (non-hydrogen) atoms. The predicted octanol–water partition coefficient (Wildman–Crippen LogP) is 4.18. The molecule has 0 fully saturated rings. The van der Waals surface area contributed by atoms with Crippen LogP contribution < -0.4 is 14.8 Å². The van der Waals surface area contributed by atoms with E-state index in [1.807, 2.05) is 42.1 Å². The Hall–Kier alpha value is -4.00. The van der Waals surface area contributed by atoms with Crippen LogP contribution >= 0.6 is 0 Å². The fourth-order valence-corrected chi connectivity index (χ4v) is 3.92. The van der Waals surface area contributed by atoms with E-state index in [0.717, 1.165) is 33.5 Å². The first kappa shape index (κ1) is 22.2. The van der Waals surface area contributed by atoms with Crippen LogP contribution in [0.3, 0.4) is 0 Å². The van der Waals surface area contributed by atoms with Crippen molar-refractivity contribution in [3.8, 4) is 17.2 Å². The first-order chi connectivity index (χ1) is 15.9. The summed E-state index contributed by atoms with van der Waals surface area (Å²) < 4.78 is 26.3. The first-order valence-electron chi connectivity index (χ1n) is 10.4. The molecule has 7 heteroatoms. The standard InChI is InChI=1S/C26H25FN2O4/c1-29-8-4-5-20(29)14-25(30)28-15-18-12-17-13-19(27)6-7-21(17)22(18)9-16-10-23(32-2)26(31)24(11-16)33-3/h4-13,31H,14-15H2,1-3H3,(H,28,30). The number of hydrogen-bond acceptors (Lipinski definition) is 4.